The van der Waals surface area contributed by atoms with Gasteiger partial charge in [0.1, 0.15) is 11.5 Å². The van der Waals surface area contributed by atoms with Crippen LogP contribution in [0.4, 0.5) is 5.69 Å². The summed E-state index contributed by atoms with van der Waals surface area (Å²) in [4.78, 5) is 55.2. The summed E-state index contributed by atoms with van der Waals surface area (Å²) in [5.41, 5.74) is 1.53. The summed E-state index contributed by atoms with van der Waals surface area (Å²) in [6, 6.07) is 13.8. The summed E-state index contributed by atoms with van der Waals surface area (Å²) in [6.45, 7) is 5.01. The Kier molecular flexibility index (Phi) is 7.72. The molecule has 0 fully saturated rings. The lowest BCUT2D eigenvalue weighted by Gasteiger charge is -2.24. The van der Waals surface area contributed by atoms with Crippen molar-refractivity contribution in [3.05, 3.63) is 118 Å². The fourth-order valence-electron chi connectivity index (χ4n) is 4.79. The van der Waals surface area contributed by atoms with Crippen LogP contribution in [0.2, 0.25) is 0 Å². The van der Waals surface area contributed by atoms with Crippen LogP contribution in [0.15, 0.2) is 80.1 Å². The molecule has 0 saturated heterocycles. The van der Waals surface area contributed by atoms with E-state index in [0.29, 0.717) is 44.3 Å². The van der Waals surface area contributed by atoms with Crippen molar-refractivity contribution < 1.29 is 28.4 Å². The largest absolute Gasteiger partial charge is 0.465 e. The highest BCUT2D eigenvalue weighted by Crippen LogP contribution is 2.33. The van der Waals surface area contributed by atoms with Crippen molar-refractivity contribution in [2.45, 2.75) is 26.8 Å². The molecule has 0 spiro atoms. The number of allylic oxidation sites excluding steroid dienone is 1. The first-order valence-electron chi connectivity index (χ1n) is 12.9. The number of aryl methyl sites for hydroxylation is 1. The van der Waals surface area contributed by atoms with E-state index in [1.807, 2.05) is 0 Å². The Bertz CT molecular complexity index is 1960. The zero-order valence-corrected chi connectivity index (χ0v) is 23.9. The number of hydrogen-bond acceptors (Lipinski definition) is 10. The quantitative estimate of drug-likeness (QED) is 0.179. The summed E-state index contributed by atoms with van der Waals surface area (Å²) < 4.78 is 17.7. The van der Waals surface area contributed by atoms with Crippen LogP contribution in [0.25, 0.3) is 17.4 Å². The van der Waals surface area contributed by atoms with E-state index < -0.39 is 28.5 Å². The molecule has 0 aliphatic carbocycles. The molecule has 2 aromatic carbocycles. The van der Waals surface area contributed by atoms with Crippen molar-refractivity contribution >= 4 is 35.0 Å². The van der Waals surface area contributed by atoms with Crippen LogP contribution in [0, 0.1) is 17.0 Å². The van der Waals surface area contributed by atoms with Gasteiger partial charge in [0.25, 0.3) is 11.2 Å². The number of rotatable bonds is 7. The Labute approximate surface area is 242 Å². The van der Waals surface area contributed by atoms with Gasteiger partial charge in [0.2, 0.25) is 0 Å². The number of esters is 2. The first kappa shape index (κ1) is 28.4. The van der Waals surface area contributed by atoms with Crippen LogP contribution >= 0.6 is 11.3 Å². The molecule has 4 aromatic rings. The highest BCUT2D eigenvalue weighted by Gasteiger charge is 2.34. The number of nitro benzene ring substituents is 1. The number of hydrogen-bond donors (Lipinski definition) is 0. The molecule has 0 radical (unpaired) electrons. The second-order valence-corrected chi connectivity index (χ2v) is 10.4. The van der Waals surface area contributed by atoms with Crippen molar-refractivity contribution in [2.24, 2.45) is 4.99 Å². The van der Waals surface area contributed by atoms with Crippen molar-refractivity contribution in [3.8, 4) is 11.3 Å². The summed E-state index contributed by atoms with van der Waals surface area (Å²) in [7, 11) is 1.30. The van der Waals surface area contributed by atoms with Crippen LogP contribution < -0.4 is 14.9 Å². The minimum Gasteiger partial charge on any atom is -0.465 e. The highest BCUT2D eigenvalue weighted by atomic mass is 32.1. The van der Waals surface area contributed by atoms with Gasteiger partial charge in [-0.05, 0) is 44.5 Å². The van der Waals surface area contributed by atoms with Gasteiger partial charge >= 0.3 is 11.9 Å². The second-order valence-electron chi connectivity index (χ2n) is 9.34. The Hall–Kier alpha value is -5.10. The number of thiazole rings is 1. The van der Waals surface area contributed by atoms with Crippen molar-refractivity contribution in [3.63, 3.8) is 0 Å². The number of aromatic nitrogens is 1. The number of carbonyl (C=O) groups excluding carboxylic acids is 2. The van der Waals surface area contributed by atoms with Gasteiger partial charge in [-0.25, -0.2) is 14.6 Å². The molecule has 0 bridgehead atoms. The summed E-state index contributed by atoms with van der Waals surface area (Å²) in [5.74, 6) is -0.429. The van der Waals surface area contributed by atoms with E-state index in [0.717, 1.165) is 11.3 Å². The molecule has 0 unspecified atom stereocenters. The Morgan fingerprint density at radius 3 is 2.62 bits per heavy atom. The molecule has 5 rings (SSSR count). The van der Waals surface area contributed by atoms with E-state index in [4.69, 9.17) is 13.9 Å². The Balaban J connectivity index is 1.66. The maximum Gasteiger partial charge on any atom is 0.338 e. The van der Waals surface area contributed by atoms with Gasteiger partial charge in [0.15, 0.2) is 4.80 Å². The topological polar surface area (TPSA) is 143 Å². The number of nitro groups is 1. The lowest BCUT2D eigenvalue weighted by Crippen LogP contribution is -2.40. The number of fused-ring (bicyclic) bond motifs is 1. The molecule has 1 aliphatic heterocycles. The van der Waals surface area contributed by atoms with Crippen LogP contribution in [0.1, 0.15) is 47.1 Å². The minimum absolute atomic E-state index is 0.0979. The molecule has 1 aliphatic rings. The zero-order valence-electron chi connectivity index (χ0n) is 23.1. The average molecular weight is 588 g/mol. The van der Waals surface area contributed by atoms with E-state index in [2.05, 4.69) is 4.99 Å². The molecule has 3 heterocycles. The molecule has 0 amide bonds. The van der Waals surface area contributed by atoms with E-state index in [9.17, 15) is 24.5 Å². The molecule has 1 atom stereocenters. The molecule has 12 heteroatoms. The van der Waals surface area contributed by atoms with Crippen LogP contribution in [-0.2, 0) is 14.3 Å². The third kappa shape index (κ3) is 5.07. The molecule has 0 saturated carbocycles. The van der Waals surface area contributed by atoms with E-state index >= 15 is 0 Å². The monoisotopic (exact) mass is 587 g/mol. The van der Waals surface area contributed by atoms with Crippen molar-refractivity contribution in [2.75, 3.05) is 13.7 Å². The fourth-order valence-corrected chi connectivity index (χ4v) is 5.82. The first-order chi connectivity index (χ1) is 20.1. The average Bonchev–Trinajstić information content (AvgIpc) is 3.56. The normalized spacial score (nSPS) is 14.8. The predicted octanol–water partition coefficient (Wildman–Crippen LogP) is 4.06. The van der Waals surface area contributed by atoms with Crippen LogP contribution in [0.3, 0.4) is 0 Å². The van der Waals surface area contributed by atoms with E-state index in [-0.39, 0.29) is 22.4 Å². The van der Waals surface area contributed by atoms with E-state index in [1.165, 1.54) is 17.7 Å². The van der Waals surface area contributed by atoms with Gasteiger partial charge in [0.05, 0.1) is 46.0 Å². The summed E-state index contributed by atoms with van der Waals surface area (Å²) in [5, 5.41) is 11.7. The first-order valence-corrected chi connectivity index (χ1v) is 13.7. The number of ether oxygens (including phenoxy) is 2. The third-order valence-electron chi connectivity index (χ3n) is 6.76. The summed E-state index contributed by atoms with van der Waals surface area (Å²) in [6.07, 6.45) is 1.55. The van der Waals surface area contributed by atoms with Crippen LogP contribution in [-0.4, -0.2) is 35.1 Å². The third-order valence-corrected chi connectivity index (χ3v) is 7.74. The molecule has 42 heavy (non-hydrogen) atoms. The Morgan fingerprint density at radius 2 is 1.90 bits per heavy atom. The maximum absolute atomic E-state index is 13.8. The second kappa shape index (κ2) is 11.4. The van der Waals surface area contributed by atoms with Gasteiger partial charge in [0, 0.05) is 23.3 Å². The fraction of sp³-hybridized carbons (Fsp3) is 0.200. The molecule has 2 aromatic heterocycles. The number of nitrogens with zero attached hydrogens (tertiary/aromatic N) is 3. The van der Waals surface area contributed by atoms with Gasteiger partial charge < -0.3 is 13.9 Å². The molecule has 11 nitrogen and oxygen atoms in total. The summed E-state index contributed by atoms with van der Waals surface area (Å²) >= 11 is 1.09. The number of benzene rings is 2. The maximum atomic E-state index is 13.8. The van der Waals surface area contributed by atoms with Gasteiger partial charge in [-0.2, -0.15) is 0 Å². The smallest absolute Gasteiger partial charge is 0.338 e. The van der Waals surface area contributed by atoms with Gasteiger partial charge in [-0.1, -0.05) is 41.7 Å². The van der Waals surface area contributed by atoms with Crippen molar-refractivity contribution in [1.82, 2.24) is 4.57 Å². The molecule has 214 valence electrons. The number of methoxy groups -OCH3 is 1. The lowest BCUT2D eigenvalue weighted by molar-refractivity contribution is -0.385. The van der Waals surface area contributed by atoms with E-state index in [1.54, 1.807) is 75.4 Å². The highest BCUT2D eigenvalue weighted by molar-refractivity contribution is 7.07. The molecular weight excluding hydrogens is 562 g/mol. The van der Waals surface area contributed by atoms with Crippen LogP contribution in [0.5, 0.6) is 0 Å². The minimum atomic E-state index is -0.999. The van der Waals surface area contributed by atoms with Gasteiger partial charge in [-0.15, -0.1) is 0 Å². The zero-order chi connectivity index (χ0) is 30.1. The standard InChI is InChI=1S/C30H25N3O8S/c1-5-40-29(36)25-17(3)31-30-32(26(25)18-11-10-16(2)22(14-18)33(37)38)27(34)24(42-30)15-19-12-13-23(41-19)20-8-6-7-9-21(20)28(35)39-4/h6-15,26H,5H2,1-4H3/b24-15+/t26-/m0/s1. The molecule has 0 N–H and O–H groups in total. The predicted molar refractivity (Wildman–Crippen MR) is 154 cm³/mol. The SMILES string of the molecule is CCOC(=O)C1=C(C)N=c2s/c(=C/c3ccc(-c4ccccc4C(=O)OC)o3)c(=O)n2[C@H]1c1ccc(C)c([N+](=O)[O-])c1. The Morgan fingerprint density at radius 1 is 1.14 bits per heavy atom. The lowest BCUT2D eigenvalue weighted by atomic mass is 9.94. The number of carbonyl (C=O) groups is 2. The van der Waals surface area contributed by atoms with Crippen molar-refractivity contribution in [1.29, 1.82) is 0 Å². The van der Waals surface area contributed by atoms with Gasteiger partial charge in [-0.3, -0.25) is 19.5 Å². The molecular formula is C30H25N3O8S. The number of furan rings is 1.